The van der Waals surface area contributed by atoms with E-state index in [0.717, 1.165) is 115 Å². The molecule has 3 aliphatic rings. The third-order valence-corrected chi connectivity index (χ3v) is 15.4. The van der Waals surface area contributed by atoms with Gasteiger partial charge < -0.3 is 29.7 Å². The number of ether oxygens (including phenoxy) is 2. The number of aromatic nitrogens is 8. The van der Waals surface area contributed by atoms with Crippen LogP contribution in [-0.2, 0) is 58.2 Å². The zero-order valence-corrected chi connectivity index (χ0v) is 39.2. The number of carbonyl (C=O) groups is 1. The zero-order chi connectivity index (χ0) is 45.6. The Morgan fingerprint density at radius 3 is 1.53 bits per heavy atom. The summed E-state index contributed by atoms with van der Waals surface area (Å²) >= 11 is 0. The highest BCUT2D eigenvalue weighted by molar-refractivity contribution is 7.90. The molecule has 3 N–H and O–H groups in total. The summed E-state index contributed by atoms with van der Waals surface area (Å²) in [5.41, 5.74) is 8.41. The first-order valence-corrected chi connectivity index (χ1v) is 25.0. The average molecular weight is 917 g/mol. The number of carbonyl (C=O) groups excluding carboxylic acids is 1. The van der Waals surface area contributed by atoms with Crippen LogP contribution >= 0.6 is 0 Å². The van der Waals surface area contributed by atoms with Gasteiger partial charge in [0.25, 0.3) is 20.0 Å². The third-order valence-electron chi connectivity index (χ3n) is 12.3. The Morgan fingerprint density at radius 2 is 1.12 bits per heavy atom. The minimum atomic E-state index is -3.94. The number of fused-ring (bicyclic) bond motifs is 2. The Morgan fingerprint density at radius 1 is 0.672 bits per heavy atom. The van der Waals surface area contributed by atoms with E-state index in [2.05, 4.69) is 66.2 Å². The molecule has 0 atom stereocenters. The highest BCUT2D eigenvalue weighted by atomic mass is 32.2. The van der Waals surface area contributed by atoms with Crippen molar-refractivity contribution in [2.45, 2.75) is 120 Å². The van der Waals surface area contributed by atoms with Gasteiger partial charge in [-0.25, -0.2) is 9.97 Å². The molecule has 1 saturated carbocycles. The lowest BCUT2D eigenvalue weighted by Gasteiger charge is -2.26. The summed E-state index contributed by atoms with van der Waals surface area (Å²) in [6, 6.07) is 13.1. The van der Waals surface area contributed by atoms with Gasteiger partial charge >= 0.3 is 0 Å². The molecule has 0 unspecified atom stereocenters. The molecule has 6 aromatic rings. The number of hydrogen-bond donors (Lipinski definition) is 2. The number of anilines is 2. The molecule has 0 radical (unpaired) electrons. The number of hydrogen-bond acceptors (Lipinski definition) is 12. The van der Waals surface area contributed by atoms with Crippen molar-refractivity contribution in [3.63, 3.8) is 0 Å². The fourth-order valence-corrected chi connectivity index (χ4v) is 10.8. The minimum absolute atomic E-state index is 0.00702. The van der Waals surface area contributed by atoms with Gasteiger partial charge in [-0.1, -0.05) is 48.0 Å². The van der Waals surface area contributed by atoms with E-state index in [1.54, 1.807) is 24.3 Å². The van der Waals surface area contributed by atoms with Crippen LogP contribution in [0.4, 0.5) is 11.6 Å². The smallest absolute Gasteiger partial charge is 0.283 e. The van der Waals surface area contributed by atoms with E-state index in [9.17, 15) is 21.6 Å². The largest absolute Gasteiger partial charge is 0.382 e. The van der Waals surface area contributed by atoms with Crippen LogP contribution in [0, 0.1) is 17.8 Å². The number of nitrogens with two attached hydrogens (primary N) is 1. The fourth-order valence-electron chi connectivity index (χ4n) is 8.51. The van der Waals surface area contributed by atoms with E-state index in [1.807, 2.05) is 12.1 Å². The van der Waals surface area contributed by atoms with Crippen LogP contribution in [0.15, 0.2) is 70.7 Å². The second kappa shape index (κ2) is 17.7. The molecule has 0 bridgehead atoms. The van der Waals surface area contributed by atoms with Crippen molar-refractivity contribution in [1.29, 1.82) is 0 Å². The van der Waals surface area contributed by atoms with Crippen molar-refractivity contribution >= 4 is 59.7 Å². The molecule has 2 aromatic carbocycles. The first kappa shape index (κ1) is 45.5. The summed E-state index contributed by atoms with van der Waals surface area (Å²) in [7, 11) is -7.75. The molecule has 0 spiro atoms. The zero-order valence-electron chi connectivity index (χ0n) is 37.5. The Hall–Kier alpha value is -5.11. The summed E-state index contributed by atoms with van der Waals surface area (Å²) in [5, 5.41) is 10.7. The fraction of sp³-hybridized carbons (Fsp3) is 0.533. The van der Waals surface area contributed by atoms with Gasteiger partial charge in [0.1, 0.15) is 17.5 Å². The van der Waals surface area contributed by atoms with E-state index in [-0.39, 0.29) is 44.1 Å². The van der Waals surface area contributed by atoms with E-state index in [0.29, 0.717) is 22.9 Å². The van der Waals surface area contributed by atoms with Crippen molar-refractivity contribution in [2.24, 2.45) is 17.8 Å². The second-order valence-corrected chi connectivity index (χ2v) is 22.9. The van der Waals surface area contributed by atoms with Gasteiger partial charge in [0.2, 0.25) is 5.91 Å². The first-order chi connectivity index (χ1) is 30.3. The van der Waals surface area contributed by atoms with Gasteiger partial charge in [-0.05, 0) is 86.8 Å². The van der Waals surface area contributed by atoms with Gasteiger partial charge in [0.05, 0.1) is 31.9 Å². The van der Waals surface area contributed by atoms with Gasteiger partial charge in [-0.15, -0.1) is 10.2 Å². The van der Waals surface area contributed by atoms with Crippen molar-refractivity contribution < 1.29 is 31.1 Å². The number of nitrogens with one attached hydrogen (secondary N) is 1. The summed E-state index contributed by atoms with van der Waals surface area (Å²) in [5.74, 6) is 3.21. The number of nitrogen functional groups attached to an aromatic ring is 1. The van der Waals surface area contributed by atoms with Gasteiger partial charge in [0, 0.05) is 80.8 Å². The van der Waals surface area contributed by atoms with Crippen LogP contribution < -0.4 is 11.1 Å². The summed E-state index contributed by atoms with van der Waals surface area (Å²) in [4.78, 5) is 22.2. The van der Waals surface area contributed by atoms with E-state index >= 15 is 0 Å². The maximum atomic E-state index is 13.3. The predicted molar refractivity (Wildman–Crippen MR) is 244 cm³/mol. The number of rotatable bonds is 10. The Kier molecular flexibility index (Phi) is 12.6. The highest BCUT2D eigenvalue weighted by Gasteiger charge is 2.30. The lowest BCUT2D eigenvalue weighted by atomic mass is 9.85. The average Bonchev–Trinajstić information content (AvgIpc) is 4.04. The molecular formula is C45H60N10O7S2. The molecule has 6 heterocycles. The molecule has 3 fully saturated rings. The lowest BCUT2D eigenvalue weighted by molar-refractivity contribution is -0.122. The van der Waals surface area contributed by atoms with Crippen LogP contribution in [0.25, 0.3) is 22.1 Å². The summed E-state index contributed by atoms with van der Waals surface area (Å²) in [6.07, 6.45) is 9.55. The molecule has 2 saturated heterocycles. The molecule has 2 aliphatic heterocycles. The predicted octanol–water partition coefficient (Wildman–Crippen LogP) is 6.71. The summed E-state index contributed by atoms with van der Waals surface area (Å²) < 4.78 is 69.7. The van der Waals surface area contributed by atoms with E-state index in [4.69, 9.17) is 25.2 Å². The van der Waals surface area contributed by atoms with Crippen molar-refractivity contribution in [2.75, 3.05) is 37.5 Å². The molecule has 1 aliphatic carbocycles. The standard InChI is InChI=1S/C25H33N5O4S.C20H27N5O3S/c1-25(2,3)24-26-20-15-19(7-8-21(20)29(24)16-17-10-13-34-14-11-17)35(32,33)30-12-9-22(28-30)27-23(31)18-5-4-6-18;1-20(2,3)19-22-16-12-15(29(26,27)25-9-6-18(21)23-25)4-5-17(16)24(19)13-14-7-10-28-11-8-14/h7-9,12,15,17-18H,4-6,10-11,13-14,16H2,1-3H3,(H,27,28,31);4-6,9,12,14H,7-8,10-11,13H2,1-3H3,(H2,21,23). The normalized spacial score (nSPS) is 17.3. The first-order valence-electron chi connectivity index (χ1n) is 22.1. The number of nitrogens with zero attached hydrogens (tertiary/aromatic N) is 8. The molecule has 1 amide bonds. The Balaban J connectivity index is 0.000000178. The van der Waals surface area contributed by atoms with Crippen LogP contribution in [-0.4, -0.2) is 86.6 Å². The van der Waals surface area contributed by atoms with Crippen LogP contribution in [0.1, 0.15) is 98.1 Å². The van der Waals surface area contributed by atoms with E-state index in [1.165, 1.54) is 24.5 Å². The van der Waals surface area contributed by atoms with Crippen molar-refractivity contribution in [3.8, 4) is 0 Å². The number of amides is 1. The maximum Gasteiger partial charge on any atom is 0.283 e. The molecule has 344 valence electrons. The van der Waals surface area contributed by atoms with Gasteiger partial charge in [-0.2, -0.15) is 25.0 Å². The lowest BCUT2D eigenvalue weighted by Crippen LogP contribution is -2.28. The second-order valence-electron chi connectivity index (χ2n) is 19.3. The number of benzene rings is 2. The topological polar surface area (TPSA) is 213 Å². The van der Waals surface area contributed by atoms with Gasteiger partial charge in [-0.3, -0.25) is 4.79 Å². The third kappa shape index (κ3) is 9.48. The minimum Gasteiger partial charge on any atom is -0.382 e. The Bertz CT molecular complexity index is 2870. The highest BCUT2D eigenvalue weighted by Crippen LogP contribution is 2.33. The maximum absolute atomic E-state index is 13.3. The van der Waals surface area contributed by atoms with Crippen LogP contribution in [0.3, 0.4) is 0 Å². The molecular weight excluding hydrogens is 857 g/mol. The van der Waals surface area contributed by atoms with Crippen LogP contribution in [0.2, 0.25) is 0 Å². The molecule has 17 nitrogen and oxygen atoms in total. The molecule has 9 rings (SSSR count). The SMILES string of the molecule is CC(C)(C)c1nc2cc(S(=O)(=O)n3ccc(N)n3)ccc2n1CC1CCOCC1.CC(C)(C)c1nc2cc(S(=O)(=O)n3ccc(NC(=O)C4CCC4)n3)ccc2n1CC1CCOCC1. The van der Waals surface area contributed by atoms with Crippen LogP contribution in [0.5, 0.6) is 0 Å². The molecule has 64 heavy (non-hydrogen) atoms. The number of imidazole rings is 2. The van der Waals surface area contributed by atoms with Crippen molar-refractivity contribution in [1.82, 2.24) is 37.5 Å². The quantitative estimate of drug-likeness (QED) is 0.147. The monoisotopic (exact) mass is 916 g/mol. The van der Waals surface area contributed by atoms with E-state index < -0.39 is 20.0 Å². The van der Waals surface area contributed by atoms with Crippen molar-refractivity contribution in [3.05, 3.63) is 72.6 Å². The molecule has 4 aromatic heterocycles. The molecule has 19 heteroatoms. The Labute approximate surface area is 374 Å². The summed E-state index contributed by atoms with van der Waals surface area (Å²) in [6.45, 7) is 17.6. The van der Waals surface area contributed by atoms with Gasteiger partial charge in [0.15, 0.2) is 5.82 Å².